The first-order valence-electron chi connectivity index (χ1n) is 17.8. The molecule has 0 spiro atoms. The van der Waals surface area contributed by atoms with Gasteiger partial charge in [-0.25, -0.2) is 18.6 Å². The number of halogens is 4. The number of carbonyl (C=O) groups is 2. The van der Waals surface area contributed by atoms with Gasteiger partial charge in [0.15, 0.2) is 11.5 Å². The van der Waals surface area contributed by atoms with Crippen molar-refractivity contribution < 1.29 is 23.1 Å². The number of nitrogens with zero attached hydrogens (tertiary/aromatic N) is 5. The van der Waals surface area contributed by atoms with Crippen LogP contribution >= 0.6 is 35.0 Å². The Morgan fingerprint density at radius 2 is 1.94 bits per heavy atom. The van der Waals surface area contributed by atoms with Crippen LogP contribution in [0.3, 0.4) is 0 Å². The Kier molecular flexibility index (Phi) is 8.71. The average molecular weight is 767 g/mol. The molecule has 9 rings (SSSR count). The predicted octanol–water partition coefficient (Wildman–Crippen LogP) is 9.83. The molecule has 5 fully saturated rings. The van der Waals surface area contributed by atoms with Gasteiger partial charge in [0, 0.05) is 53.0 Å². The van der Waals surface area contributed by atoms with Gasteiger partial charge >= 0.3 is 6.09 Å². The van der Waals surface area contributed by atoms with E-state index in [9.17, 15) is 14.9 Å². The monoisotopic (exact) mass is 765 g/mol. The van der Waals surface area contributed by atoms with Gasteiger partial charge in [-0.1, -0.05) is 35.3 Å². The Labute approximate surface area is 315 Å². The topological polar surface area (TPSA) is 91.5 Å². The fourth-order valence-corrected chi connectivity index (χ4v) is 9.59. The molecule has 13 heteroatoms. The van der Waals surface area contributed by atoms with Crippen LogP contribution in [0, 0.1) is 23.1 Å². The Bertz CT molecular complexity index is 2210. The third-order valence-electron chi connectivity index (χ3n) is 11.1. The van der Waals surface area contributed by atoms with E-state index in [4.69, 9.17) is 32.9 Å². The number of nitriles is 1. The quantitative estimate of drug-likeness (QED) is 0.174. The lowest BCUT2D eigenvalue weighted by Crippen LogP contribution is -2.45. The lowest BCUT2D eigenvalue weighted by atomic mass is 9.79. The maximum atomic E-state index is 17.3. The third-order valence-corrected chi connectivity index (χ3v) is 12.6. The molecule has 2 bridgehead atoms. The summed E-state index contributed by atoms with van der Waals surface area (Å²) in [6, 6.07) is 10.4. The number of likely N-dealkylation sites (tertiary alicyclic amines) is 1. The summed E-state index contributed by atoms with van der Waals surface area (Å²) in [4.78, 5) is 35.5. The summed E-state index contributed by atoms with van der Waals surface area (Å²) in [6.07, 6.45) is 4.51. The first-order chi connectivity index (χ1) is 24.8. The summed E-state index contributed by atoms with van der Waals surface area (Å²) < 4.78 is 40.7. The molecule has 4 atom stereocenters. The predicted molar refractivity (Wildman–Crippen MR) is 199 cm³/mol. The van der Waals surface area contributed by atoms with Crippen molar-refractivity contribution in [1.29, 1.82) is 5.26 Å². The molecule has 2 aliphatic carbocycles. The van der Waals surface area contributed by atoms with Crippen LogP contribution in [0.2, 0.25) is 10.0 Å². The number of alkyl halides is 1. The van der Waals surface area contributed by atoms with Crippen LogP contribution in [0.1, 0.15) is 82.6 Å². The zero-order chi connectivity index (χ0) is 36.9. The molecule has 5 aliphatic rings. The van der Waals surface area contributed by atoms with E-state index in [-0.39, 0.29) is 70.9 Å². The van der Waals surface area contributed by atoms with Gasteiger partial charge in [-0.3, -0.25) is 4.79 Å². The van der Waals surface area contributed by atoms with Crippen molar-refractivity contribution in [2.75, 3.05) is 19.3 Å². The van der Waals surface area contributed by atoms with Crippen molar-refractivity contribution in [3.05, 3.63) is 57.5 Å². The molecule has 272 valence electrons. The van der Waals surface area contributed by atoms with Gasteiger partial charge in [0.25, 0.3) is 5.91 Å². The van der Waals surface area contributed by atoms with Crippen molar-refractivity contribution in [2.45, 2.75) is 100 Å². The maximum absolute atomic E-state index is 17.3. The Balaban J connectivity index is 1.39. The lowest BCUT2D eigenvalue weighted by Gasteiger charge is -2.40. The van der Waals surface area contributed by atoms with Crippen LogP contribution < -0.4 is 0 Å². The van der Waals surface area contributed by atoms with Crippen molar-refractivity contribution in [3.63, 3.8) is 0 Å². The van der Waals surface area contributed by atoms with Crippen molar-refractivity contribution >= 4 is 68.8 Å². The first kappa shape index (κ1) is 35.4. The standard InChI is InChI=1S/C39H39Cl2F2N5O3S/c1-38(2,3)51-37(50)47-19-21-17-28(47)33(21)48-27(26-11-7-15-46(26)36(49)39(43)12-13-39)18-24-34(48)23-16-20(8-6-14-44)29(22-9-5-10-25(40)30(22)41)31(42)32(23)45-35(24)52-4/h5,9-10,16,18,21,26,28,33H,6-8,11-13,15,17,19H2,1-4H3/t21-,26?,28-,33+/m1/s1. The van der Waals surface area contributed by atoms with E-state index in [2.05, 4.69) is 10.6 Å². The molecule has 0 radical (unpaired) electrons. The van der Waals surface area contributed by atoms with Crippen LogP contribution in [0.5, 0.6) is 0 Å². The second kappa shape index (κ2) is 12.8. The number of fused-ring (bicyclic) bond motifs is 4. The van der Waals surface area contributed by atoms with E-state index in [1.54, 1.807) is 28.0 Å². The molecule has 1 unspecified atom stereocenters. The number of amides is 2. The summed E-state index contributed by atoms with van der Waals surface area (Å²) in [5, 5.41) is 12.1. The minimum Gasteiger partial charge on any atom is -0.444 e. The molecule has 5 heterocycles. The average Bonchev–Trinajstić information content (AvgIpc) is 3.54. The second-order valence-corrected chi connectivity index (χ2v) is 17.1. The fraction of sp³-hybridized carbons (Fsp3) is 0.487. The smallest absolute Gasteiger partial charge is 0.410 e. The largest absolute Gasteiger partial charge is 0.444 e. The van der Waals surface area contributed by atoms with E-state index in [0.29, 0.717) is 41.0 Å². The van der Waals surface area contributed by atoms with Crippen LogP contribution in [-0.4, -0.2) is 68.0 Å². The molecule has 8 nitrogen and oxygen atoms in total. The summed E-state index contributed by atoms with van der Waals surface area (Å²) in [7, 11) is 0. The van der Waals surface area contributed by atoms with E-state index in [1.165, 1.54) is 11.8 Å². The lowest BCUT2D eigenvalue weighted by molar-refractivity contribution is -0.139. The fourth-order valence-electron chi connectivity index (χ4n) is 8.64. The molecule has 2 saturated carbocycles. The van der Waals surface area contributed by atoms with Crippen LogP contribution in [0.25, 0.3) is 32.9 Å². The maximum Gasteiger partial charge on any atom is 0.410 e. The SMILES string of the molecule is CSc1nc2c(F)c(-c3cccc(Cl)c3Cl)c(CCC#N)cc2c2c1cc(C1CCCN1C(=O)C1(F)CC1)n2[C@H]1[C@@H]2C[C@H]1N(C(=O)OC(C)(C)C)C2. The zero-order valence-corrected chi connectivity index (χ0v) is 31.8. The Morgan fingerprint density at radius 1 is 1.17 bits per heavy atom. The van der Waals surface area contributed by atoms with E-state index < -0.39 is 29.0 Å². The van der Waals surface area contributed by atoms with Gasteiger partial charge in [-0.05, 0) is 89.3 Å². The molecule has 3 aliphatic heterocycles. The number of pyridine rings is 1. The summed E-state index contributed by atoms with van der Waals surface area (Å²) >= 11 is 14.5. The van der Waals surface area contributed by atoms with Crippen LogP contribution in [0.15, 0.2) is 35.4 Å². The number of benzene rings is 2. The molecule has 0 N–H and O–H groups in total. The van der Waals surface area contributed by atoms with E-state index in [1.807, 2.05) is 39.2 Å². The Hall–Kier alpha value is -3.59. The number of thioether (sulfide) groups is 1. The van der Waals surface area contributed by atoms with Gasteiger partial charge in [-0.15, -0.1) is 11.8 Å². The van der Waals surface area contributed by atoms with E-state index >= 15 is 8.78 Å². The van der Waals surface area contributed by atoms with Gasteiger partial charge in [0.05, 0.1) is 39.8 Å². The number of hydrogen-bond donors (Lipinski definition) is 0. The van der Waals surface area contributed by atoms with E-state index in [0.717, 1.165) is 29.4 Å². The third kappa shape index (κ3) is 5.63. The molecule has 2 aromatic heterocycles. The number of hydrogen-bond acceptors (Lipinski definition) is 6. The number of rotatable bonds is 7. The first-order valence-corrected chi connectivity index (χ1v) is 19.8. The number of carbonyl (C=O) groups excluding carboxylic acids is 2. The van der Waals surface area contributed by atoms with Gasteiger partial charge in [0.2, 0.25) is 0 Å². The molecular formula is C39H39Cl2F2N5O3S. The molecule has 4 aromatic rings. The number of ether oxygens (including phenoxy) is 1. The van der Waals surface area contributed by atoms with Crippen molar-refractivity contribution in [1.82, 2.24) is 19.4 Å². The van der Waals surface area contributed by atoms with Gasteiger partial charge in [0.1, 0.15) is 16.1 Å². The Morgan fingerprint density at radius 3 is 2.63 bits per heavy atom. The van der Waals surface area contributed by atoms with Crippen molar-refractivity contribution in [3.8, 4) is 17.2 Å². The highest BCUT2D eigenvalue weighted by Crippen LogP contribution is 2.55. The molecule has 2 aromatic carbocycles. The van der Waals surface area contributed by atoms with Crippen molar-refractivity contribution in [2.24, 2.45) is 5.92 Å². The molecule has 3 saturated heterocycles. The normalized spacial score (nSPS) is 23.3. The molecular weight excluding hydrogens is 727 g/mol. The minimum atomic E-state index is -1.82. The second-order valence-electron chi connectivity index (χ2n) is 15.5. The summed E-state index contributed by atoms with van der Waals surface area (Å²) in [6.45, 7) is 6.48. The summed E-state index contributed by atoms with van der Waals surface area (Å²) in [5.74, 6) is -0.958. The number of aromatic nitrogens is 2. The highest BCUT2D eigenvalue weighted by Gasteiger charge is 2.58. The van der Waals surface area contributed by atoms with Crippen LogP contribution in [0.4, 0.5) is 13.6 Å². The highest BCUT2D eigenvalue weighted by atomic mass is 35.5. The zero-order valence-electron chi connectivity index (χ0n) is 29.4. The number of aryl methyl sites for hydroxylation is 1. The highest BCUT2D eigenvalue weighted by molar-refractivity contribution is 7.98. The minimum absolute atomic E-state index is 0.0850. The molecule has 52 heavy (non-hydrogen) atoms. The summed E-state index contributed by atoms with van der Waals surface area (Å²) in [5.41, 5.74) is 0.480. The van der Waals surface area contributed by atoms with Gasteiger partial charge in [-0.2, -0.15) is 5.26 Å². The van der Waals surface area contributed by atoms with Crippen LogP contribution in [-0.2, 0) is 16.0 Å². The van der Waals surface area contributed by atoms with Gasteiger partial charge < -0.3 is 19.1 Å². The molecule has 2 amide bonds.